The first kappa shape index (κ1) is 19.8. The summed E-state index contributed by atoms with van der Waals surface area (Å²) in [5.74, 6) is 0.641. The zero-order valence-corrected chi connectivity index (χ0v) is 15.7. The fraction of sp³-hybridized carbons (Fsp3) is 0.588. The number of hydrogen-bond acceptors (Lipinski definition) is 5. The number of carbonyl (C=O) groups excluding carboxylic acids is 1. The molecule has 2 rings (SSSR count). The molecule has 0 radical (unpaired) electrons. The normalized spacial score (nSPS) is 18.0. The summed E-state index contributed by atoms with van der Waals surface area (Å²) in [6.45, 7) is 4.79. The molecule has 0 saturated carbocycles. The monoisotopic (exact) mass is 368 g/mol. The number of anilines is 1. The highest BCUT2D eigenvalue weighted by Gasteiger charge is 2.26. The summed E-state index contributed by atoms with van der Waals surface area (Å²) < 4.78 is 22.5. The molecule has 0 aromatic heterocycles. The van der Waals surface area contributed by atoms with Crippen molar-refractivity contribution >= 4 is 21.6 Å². The summed E-state index contributed by atoms with van der Waals surface area (Å²) in [7, 11) is -1.75. The average molecular weight is 369 g/mol. The van der Waals surface area contributed by atoms with Gasteiger partial charge >= 0.3 is 0 Å². The number of benzene rings is 1. The molecular formula is C17H28N4O3S. The van der Waals surface area contributed by atoms with Crippen molar-refractivity contribution in [3.63, 3.8) is 0 Å². The van der Waals surface area contributed by atoms with E-state index in [1.54, 1.807) is 12.1 Å². The Morgan fingerprint density at radius 1 is 1.28 bits per heavy atom. The molecule has 25 heavy (non-hydrogen) atoms. The van der Waals surface area contributed by atoms with Crippen LogP contribution in [0.4, 0.5) is 5.69 Å². The van der Waals surface area contributed by atoms with Gasteiger partial charge in [0.1, 0.15) is 0 Å². The van der Waals surface area contributed by atoms with Crippen LogP contribution in [0.15, 0.2) is 29.2 Å². The summed E-state index contributed by atoms with van der Waals surface area (Å²) in [5.41, 5.74) is 0.563. The van der Waals surface area contributed by atoms with Gasteiger partial charge in [-0.1, -0.05) is 0 Å². The van der Waals surface area contributed by atoms with Crippen molar-refractivity contribution in [2.75, 3.05) is 32.0 Å². The number of likely N-dealkylation sites (tertiary alicyclic amines) is 1. The van der Waals surface area contributed by atoms with Gasteiger partial charge in [0.2, 0.25) is 15.9 Å². The Bertz CT molecular complexity index is 668. The highest BCUT2D eigenvalue weighted by Crippen LogP contribution is 2.22. The topological polar surface area (TPSA) is 105 Å². The number of piperidine rings is 1. The van der Waals surface area contributed by atoms with Crippen LogP contribution in [0.3, 0.4) is 0 Å². The molecular weight excluding hydrogens is 340 g/mol. The van der Waals surface area contributed by atoms with Crippen LogP contribution in [0.25, 0.3) is 0 Å². The van der Waals surface area contributed by atoms with Gasteiger partial charge in [0.25, 0.3) is 0 Å². The van der Waals surface area contributed by atoms with Crippen molar-refractivity contribution in [2.24, 2.45) is 11.1 Å². The minimum Gasteiger partial charge on any atom is -0.325 e. The Balaban J connectivity index is 1.86. The molecule has 1 fully saturated rings. The number of hydrogen-bond donors (Lipinski definition) is 3. The summed E-state index contributed by atoms with van der Waals surface area (Å²) in [4.78, 5) is 14.7. The Morgan fingerprint density at radius 2 is 1.88 bits per heavy atom. The minimum atomic E-state index is -3.72. The number of amides is 1. The highest BCUT2D eigenvalue weighted by molar-refractivity contribution is 7.89. The van der Waals surface area contributed by atoms with E-state index >= 15 is 0 Å². The van der Waals surface area contributed by atoms with Crippen LogP contribution < -0.4 is 15.8 Å². The number of carbonyl (C=O) groups is 1. The first-order valence-corrected chi connectivity index (χ1v) is 10.2. The number of sulfonamides is 1. The Kier molecular flexibility index (Phi) is 6.95. The summed E-state index contributed by atoms with van der Waals surface area (Å²) in [5, 5.41) is 11.1. The second kappa shape index (κ2) is 8.75. The van der Waals surface area contributed by atoms with E-state index in [1.807, 2.05) is 14.0 Å². The lowest BCUT2D eigenvalue weighted by Gasteiger charge is -2.35. The van der Waals surface area contributed by atoms with E-state index in [4.69, 9.17) is 5.14 Å². The van der Waals surface area contributed by atoms with Gasteiger partial charge in [0.05, 0.1) is 10.9 Å². The number of primary sulfonamides is 1. The number of nitrogens with two attached hydrogens (primary N) is 1. The van der Waals surface area contributed by atoms with E-state index in [-0.39, 0.29) is 16.8 Å². The number of nitrogens with one attached hydrogen (secondary N) is 2. The molecule has 8 heteroatoms. The van der Waals surface area contributed by atoms with Gasteiger partial charge in [-0.25, -0.2) is 13.6 Å². The summed E-state index contributed by atoms with van der Waals surface area (Å²) >= 11 is 0. The molecule has 1 aromatic carbocycles. The predicted molar refractivity (Wildman–Crippen MR) is 98.7 cm³/mol. The Hall–Kier alpha value is -1.48. The lowest BCUT2D eigenvalue weighted by atomic mass is 9.93. The molecule has 1 aliphatic heterocycles. The molecule has 0 bridgehead atoms. The zero-order chi connectivity index (χ0) is 18.4. The van der Waals surface area contributed by atoms with E-state index in [0.29, 0.717) is 5.69 Å². The largest absolute Gasteiger partial charge is 0.325 e. The SMILES string of the molecule is CNCCC1CCN(C(C)C(=O)Nc2ccc(S(N)(=O)=O)cc2)CC1. The fourth-order valence-corrected chi connectivity index (χ4v) is 3.63. The third-order valence-electron chi connectivity index (χ3n) is 4.83. The molecule has 0 spiro atoms. The molecule has 1 saturated heterocycles. The molecule has 7 nitrogen and oxygen atoms in total. The third-order valence-corrected chi connectivity index (χ3v) is 5.76. The third kappa shape index (κ3) is 5.78. The van der Waals surface area contributed by atoms with Crippen molar-refractivity contribution in [3.8, 4) is 0 Å². The smallest absolute Gasteiger partial charge is 0.241 e. The van der Waals surface area contributed by atoms with Crippen LogP contribution in [-0.2, 0) is 14.8 Å². The van der Waals surface area contributed by atoms with Crippen molar-refractivity contribution in [2.45, 2.75) is 37.1 Å². The van der Waals surface area contributed by atoms with E-state index in [2.05, 4.69) is 15.5 Å². The fourth-order valence-electron chi connectivity index (χ4n) is 3.12. The second-order valence-electron chi connectivity index (χ2n) is 6.61. The van der Waals surface area contributed by atoms with E-state index in [9.17, 15) is 13.2 Å². The molecule has 1 amide bonds. The van der Waals surface area contributed by atoms with Crippen LogP contribution >= 0.6 is 0 Å². The van der Waals surface area contributed by atoms with Gasteiger partial charge in [-0.15, -0.1) is 0 Å². The first-order valence-electron chi connectivity index (χ1n) is 8.63. The number of nitrogens with zero attached hydrogens (tertiary/aromatic N) is 1. The van der Waals surface area contributed by atoms with Crippen molar-refractivity contribution in [1.82, 2.24) is 10.2 Å². The van der Waals surface area contributed by atoms with Crippen molar-refractivity contribution in [3.05, 3.63) is 24.3 Å². The lowest BCUT2D eigenvalue weighted by Crippen LogP contribution is -2.46. The maximum Gasteiger partial charge on any atom is 0.241 e. The van der Waals surface area contributed by atoms with Gasteiger partial charge in [-0.2, -0.15) is 0 Å². The molecule has 1 atom stereocenters. The van der Waals surface area contributed by atoms with Crippen molar-refractivity contribution in [1.29, 1.82) is 0 Å². The minimum absolute atomic E-state index is 0.0298. The van der Waals surface area contributed by atoms with Crippen molar-refractivity contribution < 1.29 is 13.2 Å². The van der Waals surface area contributed by atoms with E-state index < -0.39 is 10.0 Å². The summed E-state index contributed by atoms with van der Waals surface area (Å²) in [6, 6.07) is 5.66. The van der Waals surface area contributed by atoms with Gasteiger partial charge in [0.15, 0.2) is 0 Å². The maximum absolute atomic E-state index is 12.4. The Labute approximate surface area is 150 Å². The highest BCUT2D eigenvalue weighted by atomic mass is 32.2. The van der Waals surface area contributed by atoms with Gasteiger partial charge in [-0.05, 0) is 83.1 Å². The number of rotatable bonds is 7. The van der Waals surface area contributed by atoms with Crippen LogP contribution in [0.5, 0.6) is 0 Å². The molecule has 140 valence electrons. The van der Waals surface area contributed by atoms with Gasteiger partial charge < -0.3 is 10.6 Å². The van der Waals surface area contributed by atoms with Crippen LogP contribution in [-0.4, -0.2) is 51.9 Å². The zero-order valence-electron chi connectivity index (χ0n) is 14.9. The molecule has 1 heterocycles. The first-order chi connectivity index (χ1) is 11.8. The Morgan fingerprint density at radius 3 is 2.40 bits per heavy atom. The molecule has 1 aromatic rings. The molecule has 1 unspecified atom stereocenters. The van der Waals surface area contributed by atoms with E-state index in [1.165, 1.54) is 18.6 Å². The van der Waals surface area contributed by atoms with Crippen LogP contribution in [0, 0.1) is 5.92 Å². The molecule has 0 aliphatic carbocycles. The molecule has 1 aliphatic rings. The van der Waals surface area contributed by atoms with Gasteiger partial charge in [-0.3, -0.25) is 9.69 Å². The summed E-state index contributed by atoms with van der Waals surface area (Å²) in [6.07, 6.45) is 3.41. The molecule has 4 N–H and O–H groups in total. The quantitative estimate of drug-likeness (QED) is 0.665. The second-order valence-corrected chi connectivity index (χ2v) is 8.17. The van der Waals surface area contributed by atoms with Gasteiger partial charge in [0, 0.05) is 5.69 Å². The van der Waals surface area contributed by atoms with Crippen LogP contribution in [0.2, 0.25) is 0 Å². The standard InChI is InChI=1S/C17H28N4O3S/c1-13(21-11-8-14(9-12-21)7-10-19-2)17(22)20-15-3-5-16(6-4-15)25(18,23)24/h3-6,13-14,19H,7-12H2,1-2H3,(H,20,22)(H2,18,23,24). The maximum atomic E-state index is 12.4. The van der Waals surface area contributed by atoms with Crippen LogP contribution in [0.1, 0.15) is 26.2 Å². The van der Waals surface area contributed by atoms with E-state index in [0.717, 1.165) is 38.4 Å². The predicted octanol–water partition coefficient (Wildman–Crippen LogP) is 0.983. The average Bonchev–Trinajstić information content (AvgIpc) is 2.59. The lowest BCUT2D eigenvalue weighted by molar-refractivity contribution is -0.121.